The molecular formula is C18H13ClF4N2O2. The molecule has 2 amide bonds. The lowest BCUT2D eigenvalue weighted by Crippen LogP contribution is -2.28. The molecule has 0 spiro atoms. The molecule has 142 valence electrons. The first-order valence-electron chi connectivity index (χ1n) is 7.88. The number of nitrogens with zero attached hydrogens (tertiary/aromatic N) is 1. The van der Waals surface area contributed by atoms with Crippen LogP contribution in [0.4, 0.5) is 28.9 Å². The third-order valence-corrected chi connectivity index (χ3v) is 4.50. The summed E-state index contributed by atoms with van der Waals surface area (Å²) < 4.78 is 51.7. The standard InChI is InChI=1S/C18H13ClF4N2O2/c19-15-6-3-12(8-14(15)18(21,22)23)24-17(27)10-7-16(26)25(9-10)13-4-1-11(20)2-5-13/h1-6,8,10H,7,9H2,(H,24,27). The predicted molar refractivity (Wildman–Crippen MR) is 91.9 cm³/mol. The third kappa shape index (κ3) is 4.21. The lowest BCUT2D eigenvalue weighted by Gasteiger charge is -2.17. The summed E-state index contributed by atoms with van der Waals surface area (Å²) in [7, 11) is 0. The molecular weight excluding hydrogens is 388 g/mol. The van der Waals surface area contributed by atoms with Crippen LogP contribution in [0.2, 0.25) is 5.02 Å². The minimum absolute atomic E-state index is 0.0516. The molecule has 9 heteroatoms. The van der Waals surface area contributed by atoms with E-state index in [0.29, 0.717) is 5.69 Å². The summed E-state index contributed by atoms with van der Waals surface area (Å²) in [4.78, 5) is 25.9. The van der Waals surface area contributed by atoms with Crippen molar-refractivity contribution in [3.8, 4) is 0 Å². The number of anilines is 2. The Kier molecular flexibility index (Phi) is 5.10. The van der Waals surface area contributed by atoms with E-state index in [4.69, 9.17) is 11.6 Å². The van der Waals surface area contributed by atoms with Gasteiger partial charge in [-0.05, 0) is 42.5 Å². The summed E-state index contributed by atoms with van der Waals surface area (Å²) >= 11 is 5.55. The van der Waals surface area contributed by atoms with Gasteiger partial charge in [-0.1, -0.05) is 11.6 Å². The number of amides is 2. The van der Waals surface area contributed by atoms with E-state index in [0.717, 1.165) is 12.1 Å². The van der Waals surface area contributed by atoms with Crippen molar-refractivity contribution in [1.29, 1.82) is 0 Å². The van der Waals surface area contributed by atoms with Gasteiger partial charge in [0, 0.05) is 24.3 Å². The van der Waals surface area contributed by atoms with Gasteiger partial charge >= 0.3 is 6.18 Å². The molecule has 0 saturated carbocycles. The summed E-state index contributed by atoms with van der Waals surface area (Å²) in [6.07, 6.45) is -4.75. The number of hydrogen-bond donors (Lipinski definition) is 1. The molecule has 0 bridgehead atoms. The molecule has 3 rings (SSSR count). The highest BCUT2D eigenvalue weighted by molar-refractivity contribution is 6.31. The molecule has 1 aliphatic rings. The van der Waals surface area contributed by atoms with E-state index in [1.807, 2.05) is 0 Å². The van der Waals surface area contributed by atoms with Gasteiger partial charge in [-0.25, -0.2) is 4.39 Å². The van der Waals surface area contributed by atoms with E-state index < -0.39 is 34.4 Å². The number of carbonyl (C=O) groups is 2. The van der Waals surface area contributed by atoms with Crippen LogP contribution in [0.5, 0.6) is 0 Å². The van der Waals surface area contributed by atoms with Crippen LogP contribution in [0.15, 0.2) is 42.5 Å². The molecule has 2 aromatic carbocycles. The summed E-state index contributed by atoms with van der Waals surface area (Å²) in [5, 5.41) is 1.92. The van der Waals surface area contributed by atoms with Crippen LogP contribution < -0.4 is 10.2 Å². The number of rotatable bonds is 3. The largest absolute Gasteiger partial charge is 0.417 e. The van der Waals surface area contributed by atoms with Crippen LogP contribution in [0.25, 0.3) is 0 Å². The van der Waals surface area contributed by atoms with Gasteiger partial charge in [0.15, 0.2) is 0 Å². The van der Waals surface area contributed by atoms with Crippen molar-refractivity contribution in [2.45, 2.75) is 12.6 Å². The second-order valence-electron chi connectivity index (χ2n) is 6.06. The molecule has 1 fully saturated rings. The highest BCUT2D eigenvalue weighted by Crippen LogP contribution is 2.36. The number of hydrogen-bond acceptors (Lipinski definition) is 2. The fourth-order valence-corrected chi connectivity index (χ4v) is 3.04. The fourth-order valence-electron chi connectivity index (χ4n) is 2.82. The Morgan fingerprint density at radius 1 is 1.15 bits per heavy atom. The van der Waals surface area contributed by atoms with Crippen molar-refractivity contribution >= 4 is 34.8 Å². The number of alkyl halides is 3. The Bertz CT molecular complexity index is 884. The SMILES string of the molecule is O=C(Nc1ccc(Cl)c(C(F)(F)F)c1)C1CC(=O)N(c2ccc(F)cc2)C1. The molecule has 27 heavy (non-hydrogen) atoms. The lowest BCUT2D eigenvalue weighted by atomic mass is 10.1. The van der Waals surface area contributed by atoms with Crippen molar-refractivity contribution < 1.29 is 27.2 Å². The Balaban J connectivity index is 1.72. The van der Waals surface area contributed by atoms with Gasteiger partial charge in [-0.3, -0.25) is 9.59 Å². The minimum atomic E-state index is -4.65. The summed E-state index contributed by atoms with van der Waals surface area (Å²) in [5.74, 6) is -2.10. The molecule has 0 radical (unpaired) electrons. The number of benzene rings is 2. The van der Waals surface area contributed by atoms with Crippen molar-refractivity contribution in [1.82, 2.24) is 0 Å². The van der Waals surface area contributed by atoms with Gasteiger partial charge < -0.3 is 10.2 Å². The molecule has 2 aromatic rings. The highest BCUT2D eigenvalue weighted by Gasteiger charge is 2.36. The van der Waals surface area contributed by atoms with Gasteiger partial charge in [0.1, 0.15) is 5.82 Å². The van der Waals surface area contributed by atoms with Crippen LogP contribution in [0, 0.1) is 11.7 Å². The average Bonchev–Trinajstić information content (AvgIpc) is 2.98. The summed E-state index contributed by atoms with van der Waals surface area (Å²) in [6.45, 7) is 0.0516. The topological polar surface area (TPSA) is 49.4 Å². The number of nitrogens with one attached hydrogen (secondary N) is 1. The molecule has 4 nitrogen and oxygen atoms in total. The van der Waals surface area contributed by atoms with Crippen LogP contribution in [0.3, 0.4) is 0 Å². The summed E-state index contributed by atoms with van der Waals surface area (Å²) in [5.41, 5.74) is -0.677. The zero-order valence-electron chi connectivity index (χ0n) is 13.7. The highest BCUT2D eigenvalue weighted by atomic mass is 35.5. The molecule has 1 aliphatic heterocycles. The van der Waals surface area contributed by atoms with Crippen molar-refractivity contribution in [3.63, 3.8) is 0 Å². The Morgan fingerprint density at radius 3 is 2.44 bits per heavy atom. The van der Waals surface area contributed by atoms with E-state index in [2.05, 4.69) is 5.32 Å². The average molecular weight is 401 g/mol. The van der Waals surface area contributed by atoms with E-state index in [-0.39, 0.29) is 24.6 Å². The maximum atomic E-state index is 13.0. The minimum Gasteiger partial charge on any atom is -0.326 e. The smallest absolute Gasteiger partial charge is 0.326 e. The molecule has 1 N–H and O–H groups in total. The molecule has 0 aromatic heterocycles. The molecule has 1 heterocycles. The first-order valence-corrected chi connectivity index (χ1v) is 8.26. The Hall–Kier alpha value is -2.61. The Morgan fingerprint density at radius 2 is 1.81 bits per heavy atom. The van der Waals surface area contributed by atoms with Crippen LogP contribution in [-0.2, 0) is 15.8 Å². The summed E-state index contributed by atoms with van der Waals surface area (Å²) in [6, 6.07) is 8.28. The van der Waals surface area contributed by atoms with E-state index in [1.165, 1.54) is 35.2 Å². The molecule has 1 saturated heterocycles. The molecule has 1 unspecified atom stereocenters. The molecule has 0 aliphatic carbocycles. The maximum absolute atomic E-state index is 13.0. The van der Waals surface area contributed by atoms with Crippen LogP contribution in [0.1, 0.15) is 12.0 Å². The second-order valence-corrected chi connectivity index (χ2v) is 6.47. The predicted octanol–water partition coefficient (Wildman–Crippen LogP) is 4.49. The van der Waals surface area contributed by atoms with Gasteiger partial charge in [0.05, 0.1) is 16.5 Å². The first-order chi connectivity index (χ1) is 12.6. The lowest BCUT2D eigenvalue weighted by molar-refractivity contribution is -0.137. The van der Waals surface area contributed by atoms with Crippen LogP contribution >= 0.6 is 11.6 Å². The van der Waals surface area contributed by atoms with Gasteiger partial charge in [-0.2, -0.15) is 13.2 Å². The van der Waals surface area contributed by atoms with Gasteiger partial charge in [0.25, 0.3) is 0 Å². The zero-order valence-corrected chi connectivity index (χ0v) is 14.4. The normalized spacial score (nSPS) is 17.3. The van der Waals surface area contributed by atoms with Gasteiger partial charge in [-0.15, -0.1) is 0 Å². The van der Waals surface area contributed by atoms with E-state index in [9.17, 15) is 27.2 Å². The molecule has 1 atom stereocenters. The second kappa shape index (κ2) is 7.19. The van der Waals surface area contributed by atoms with E-state index >= 15 is 0 Å². The third-order valence-electron chi connectivity index (χ3n) is 4.17. The fraction of sp³-hybridized carbons (Fsp3) is 0.222. The van der Waals surface area contributed by atoms with E-state index in [1.54, 1.807) is 0 Å². The first kappa shape index (κ1) is 19.2. The number of halogens is 5. The number of carbonyl (C=O) groups excluding carboxylic acids is 2. The van der Waals surface area contributed by atoms with Gasteiger partial charge in [0.2, 0.25) is 11.8 Å². The zero-order chi connectivity index (χ0) is 19.8. The van der Waals surface area contributed by atoms with Crippen molar-refractivity contribution in [2.75, 3.05) is 16.8 Å². The van der Waals surface area contributed by atoms with Crippen molar-refractivity contribution in [2.24, 2.45) is 5.92 Å². The maximum Gasteiger partial charge on any atom is 0.417 e. The quantitative estimate of drug-likeness (QED) is 0.772. The Labute approximate surface area is 156 Å². The van der Waals surface area contributed by atoms with Crippen molar-refractivity contribution in [3.05, 3.63) is 58.9 Å². The van der Waals surface area contributed by atoms with Crippen LogP contribution in [-0.4, -0.2) is 18.4 Å². The monoisotopic (exact) mass is 400 g/mol.